The van der Waals surface area contributed by atoms with E-state index in [1.807, 2.05) is 6.92 Å². The van der Waals surface area contributed by atoms with Crippen molar-refractivity contribution in [3.63, 3.8) is 0 Å². The van der Waals surface area contributed by atoms with Gasteiger partial charge in [-0.15, -0.1) is 0 Å². The van der Waals surface area contributed by atoms with Crippen molar-refractivity contribution in [3.8, 4) is 0 Å². The van der Waals surface area contributed by atoms with Crippen LogP contribution in [-0.2, 0) is 14.3 Å². The Morgan fingerprint density at radius 1 is 1.75 bits per heavy atom. The summed E-state index contributed by atoms with van der Waals surface area (Å²) < 4.78 is 10.2. The molecule has 0 N–H and O–H groups in total. The summed E-state index contributed by atoms with van der Waals surface area (Å²) in [7, 11) is 0. The van der Waals surface area contributed by atoms with E-state index in [0.29, 0.717) is 13.0 Å². The number of ether oxygens (including phenoxy) is 2. The summed E-state index contributed by atoms with van der Waals surface area (Å²) in [5, 5.41) is 0. The Morgan fingerprint density at radius 3 is 3.00 bits per heavy atom. The molecule has 3 nitrogen and oxygen atoms in total. The standard InChI is InChI=1S/C8H13BrO3/c1-2-3-7(10)12-8-6(9)4-5-11-8/h6,8H,2-5H2,1H3/t6-,8+/m1/s1. The van der Waals surface area contributed by atoms with Gasteiger partial charge in [0, 0.05) is 6.42 Å². The predicted molar refractivity (Wildman–Crippen MR) is 48.1 cm³/mol. The van der Waals surface area contributed by atoms with Crippen LogP contribution in [0.2, 0.25) is 0 Å². The molecule has 1 rings (SSSR count). The smallest absolute Gasteiger partial charge is 0.308 e. The molecule has 0 spiro atoms. The van der Waals surface area contributed by atoms with Gasteiger partial charge in [-0.3, -0.25) is 4.79 Å². The fourth-order valence-electron chi connectivity index (χ4n) is 1.04. The predicted octanol–water partition coefficient (Wildman–Crippen LogP) is 1.84. The Kier molecular flexibility index (Phi) is 4.01. The van der Waals surface area contributed by atoms with Gasteiger partial charge in [0.2, 0.25) is 6.29 Å². The maximum Gasteiger partial charge on any atom is 0.308 e. The zero-order valence-electron chi connectivity index (χ0n) is 7.09. The van der Waals surface area contributed by atoms with Crippen LogP contribution >= 0.6 is 15.9 Å². The first-order valence-electron chi connectivity index (χ1n) is 4.19. The molecule has 0 bridgehead atoms. The van der Waals surface area contributed by atoms with E-state index in [9.17, 15) is 4.79 Å². The van der Waals surface area contributed by atoms with E-state index in [-0.39, 0.29) is 17.1 Å². The van der Waals surface area contributed by atoms with Gasteiger partial charge in [0.15, 0.2) is 0 Å². The van der Waals surface area contributed by atoms with E-state index in [2.05, 4.69) is 15.9 Å². The van der Waals surface area contributed by atoms with Gasteiger partial charge in [-0.25, -0.2) is 0 Å². The molecule has 1 fully saturated rings. The first-order chi connectivity index (χ1) is 5.74. The first-order valence-corrected chi connectivity index (χ1v) is 5.10. The molecule has 0 saturated carbocycles. The molecule has 70 valence electrons. The summed E-state index contributed by atoms with van der Waals surface area (Å²) in [5.41, 5.74) is 0. The minimum absolute atomic E-state index is 0.165. The Morgan fingerprint density at radius 2 is 2.50 bits per heavy atom. The van der Waals surface area contributed by atoms with E-state index in [4.69, 9.17) is 9.47 Å². The Balaban J connectivity index is 2.25. The monoisotopic (exact) mass is 236 g/mol. The van der Waals surface area contributed by atoms with Crippen LogP contribution in [0.3, 0.4) is 0 Å². The molecule has 1 aliphatic heterocycles. The summed E-state index contributed by atoms with van der Waals surface area (Å²) >= 11 is 3.38. The van der Waals surface area contributed by atoms with E-state index >= 15 is 0 Å². The lowest BCUT2D eigenvalue weighted by Gasteiger charge is -2.13. The molecule has 2 atom stereocenters. The van der Waals surface area contributed by atoms with Crippen LogP contribution < -0.4 is 0 Å². The summed E-state index contributed by atoms with van der Waals surface area (Å²) in [4.78, 5) is 11.2. The van der Waals surface area contributed by atoms with E-state index in [1.54, 1.807) is 0 Å². The van der Waals surface area contributed by atoms with Gasteiger partial charge in [-0.1, -0.05) is 22.9 Å². The number of esters is 1. The Bertz CT molecular complexity index is 160. The number of hydrogen-bond donors (Lipinski definition) is 0. The number of carbonyl (C=O) groups is 1. The Hall–Kier alpha value is -0.0900. The van der Waals surface area contributed by atoms with Gasteiger partial charge < -0.3 is 9.47 Å². The molecule has 0 aliphatic carbocycles. The summed E-state index contributed by atoms with van der Waals surface area (Å²) in [6.07, 6.45) is 1.83. The highest BCUT2D eigenvalue weighted by molar-refractivity contribution is 9.09. The van der Waals surface area contributed by atoms with Crippen molar-refractivity contribution >= 4 is 21.9 Å². The summed E-state index contributed by atoms with van der Waals surface area (Å²) in [6.45, 7) is 2.61. The lowest BCUT2D eigenvalue weighted by Crippen LogP contribution is -2.23. The van der Waals surface area contributed by atoms with Crippen molar-refractivity contribution in [2.75, 3.05) is 6.61 Å². The highest BCUT2D eigenvalue weighted by Crippen LogP contribution is 2.22. The minimum atomic E-state index is -0.371. The third kappa shape index (κ3) is 2.75. The second kappa shape index (κ2) is 4.82. The molecule has 0 aromatic heterocycles. The van der Waals surface area contributed by atoms with Gasteiger partial charge in [-0.05, 0) is 12.8 Å². The molecule has 4 heteroatoms. The van der Waals surface area contributed by atoms with Crippen molar-refractivity contribution < 1.29 is 14.3 Å². The fraction of sp³-hybridized carbons (Fsp3) is 0.875. The minimum Gasteiger partial charge on any atom is -0.434 e. The molecular formula is C8H13BrO3. The zero-order chi connectivity index (χ0) is 8.97. The van der Waals surface area contributed by atoms with Crippen molar-refractivity contribution in [2.24, 2.45) is 0 Å². The van der Waals surface area contributed by atoms with Crippen LogP contribution in [0.4, 0.5) is 0 Å². The number of rotatable bonds is 3. The van der Waals surface area contributed by atoms with Crippen molar-refractivity contribution in [1.82, 2.24) is 0 Å². The number of hydrogen-bond acceptors (Lipinski definition) is 3. The maximum absolute atomic E-state index is 11.0. The van der Waals surface area contributed by atoms with Crippen LogP contribution in [0.25, 0.3) is 0 Å². The molecule has 1 aliphatic rings. The molecule has 1 saturated heterocycles. The third-order valence-corrected chi connectivity index (χ3v) is 2.56. The van der Waals surface area contributed by atoms with Crippen LogP contribution in [-0.4, -0.2) is 23.7 Å². The lowest BCUT2D eigenvalue weighted by molar-refractivity contribution is -0.168. The lowest BCUT2D eigenvalue weighted by atomic mass is 10.3. The summed E-state index contributed by atoms with van der Waals surface area (Å²) in [5.74, 6) is -0.172. The number of carbonyl (C=O) groups excluding carboxylic acids is 1. The van der Waals surface area contributed by atoms with Crippen LogP contribution in [0.5, 0.6) is 0 Å². The molecule has 1 heterocycles. The van der Waals surface area contributed by atoms with Gasteiger partial charge in [0.25, 0.3) is 0 Å². The summed E-state index contributed by atoms with van der Waals surface area (Å²) in [6, 6.07) is 0. The third-order valence-electron chi connectivity index (χ3n) is 1.67. The molecule has 0 aromatic rings. The largest absolute Gasteiger partial charge is 0.434 e. The average molecular weight is 237 g/mol. The first kappa shape index (κ1) is 9.99. The zero-order valence-corrected chi connectivity index (χ0v) is 8.67. The van der Waals surface area contributed by atoms with E-state index < -0.39 is 0 Å². The highest BCUT2D eigenvalue weighted by atomic mass is 79.9. The quantitative estimate of drug-likeness (QED) is 0.555. The molecule has 0 unspecified atom stereocenters. The molecule has 0 radical (unpaired) electrons. The van der Waals surface area contributed by atoms with Gasteiger partial charge in [0.1, 0.15) is 0 Å². The fourth-order valence-corrected chi connectivity index (χ4v) is 1.49. The molecule has 12 heavy (non-hydrogen) atoms. The highest BCUT2D eigenvalue weighted by Gasteiger charge is 2.28. The van der Waals surface area contributed by atoms with Gasteiger partial charge in [-0.2, -0.15) is 0 Å². The van der Waals surface area contributed by atoms with Crippen LogP contribution in [0, 0.1) is 0 Å². The number of halogens is 1. The van der Waals surface area contributed by atoms with Gasteiger partial charge in [0.05, 0.1) is 11.4 Å². The second-order valence-corrected chi connectivity index (χ2v) is 3.96. The SMILES string of the molecule is CCCC(=O)O[C@@H]1OCC[C@H]1Br. The van der Waals surface area contributed by atoms with E-state index in [0.717, 1.165) is 12.8 Å². The van der Waals surface area contributed by atoms with Crippen molar-refractivity contribution in [2.45, 2.75) is 37.3 Å². The van der Waals surface area contributed by atoms with Crippen molar-refractivity contribution in [1.29, 1.82) is 0 Å². The average Bonchev–Trinajstić information content (AvgIpc) is 2.37. The second-order valence-electron chi connectivity index (χ2n) is 2.78. The van der Waals surface area contributed by atoms with Crippen LogP contribution in [0.1, 0.15) is 26.2 Å². The maximum atomic E-state index is 11.0. The molecular weight excluding hydrogens is 224 g/mol. The normalized spacial score (nSPS) is 28.8. The molecule has 0 amide bonds. The van der Waals surface area contributed by atoms with Gasteiger partial charge >= 0.3 is 5.97 Å². The van der Waals surface area contributed by atoms with Crippen molar-refractivity contribution in [3.05, 3.63) is 0 Å². The Labute approximate surface area is 80.5 Å². The topological polar surface area (TPSA) is 35.5 Å². The molecule has 0 aromatic carbocycles. The van der Waals surface area contributed by atoms with Crippen LogP contribution in [0.15, 0.2) is 0 Å². The van der Waals surface area contributed by atoms with E-state index in [1.165, 1.54) is 0 Å². The number of alkyl halides is 1.